The predicted octanol–water partition coefficient (Wildman–Crippen LogP) is 1.60. The fourth-order valence-electron chi connectivity index (χ4n) is 0.996. The van der Waals surface area contributed by atoms with E-state index in [9.17, 15) is 30.4 Å². The molecule has 0 unspecified atom stereocenters. The second-order valence-corrected chi connectivity index (χ2v) is 5.86. The molecule has 17 heavy (non-hydrogen) atoms. The molecule has 9 heteroatoms. The molecule has 0 bridgehead atoms. The molecule has 0 radical (unpaired) electrons. The van der Waals surface area contributed by atoms with Crippen LogP contribution in [0.2, 0.25) is 0 Å². The lowest BCUT2D eigenvalue weighted by atomic mass is 10.2. The van der Waals surface area contributed by atoms with Gasteiger partial charge >= 0.3 is 12.1 Å². The first-order valence-electron chi connectivity index (χ1n) is 4.81. The maximum atomic E-state index is 12.4. The summed E-state index contributed by atoms with van der Waals surface area (Å²) in [5.74, 6) is -6.52. The first-order valence-corrected chi connectivity index (χ1v) is 6.63. The average molecular weight is 283 g/mol. The van der Waals surface area contributed by atoms with Crippen molar-refractivity contribution in [2.24, 2.45) is 0 Å². The SMILES string of the molecule is CNCCCS(=O)(=O)CCC(F)(F)C(F)(F)F. The van der Waals surface area contributed by atoms with Crippen molar-refractivity contribution in [3.05, 3.63) is 0 Å². The van der Waals surface area contributed by atoms with Gasteiger partial charge in [0, 0.05) is 6.42 Å². The zero-order valence-electron chi connectivity index (χ0n) is 9.15. The highest BCUT2D eigenvalue weighted by Gasteiger charge is 2.57. The second kappa shape index (κ2) is 5.94. The standard InChI is InChI=1S/C8H14F5NO2S/c1-14-4-2-5-17(15,16)6-3-7(9,10)8(11,12)13/h14H,2-6H2,1H3. The summed E-state index contributed by atoms with van der Waals surface area (Å²) in [7, 11) is -2.29. The molecule has 0 aromatic rings. The van der Waals surface area contributed by atoms with Crippen LogP contribution in [0.25, 0.3) is 0 Å². The van der Waals surface area contributed by atoms with E-state index in [4.69, 9.17) is 0 Å². The van der Waals surface area contributed by atoms with Crippen LogP contribution in [0.1, 0.15) is 12.8 Å². The number of hydrogen-bond acceptors (Lipinski definition) is 3. The lowest BCUT2D eigenvalue weighted by Gasteiger charge is -2.19. The summed E-state index contributed by atoms with van der Waals surface area (Å²) in [4.78, 5) is 0. The molecule has 0 aromatic heterocycles. The lowest BCUT2D eigenvalue weighted by Crippen LogP contribution is -2.38. The molecule has 0 heterocycles. The Morgan fingerprint density at radius 3 is 2.00 bits per heavy atom. The molecule has 0 aromatic carbocycles. The van der Waals surface area contributed by atoms with Crippen molar-refractivity contribution in [2.45, 2.75) is 24.9 Å². The van der Waals surface area contributed by atoms with Gasteiger partial charge in [-0.1, -0.05) is 0 Å². The molecular formula is C8H14F5NO2S. The van der Waals surface area contributed by atoms with E-state index in [-0.39, 0.29) is 6.42 Å². The Kier molecular flexibility index (Phi) is 5.79. The van der Waals surface area contributed by atoms with E-state index in [2.05, 4.69) is 5.32 Å². The largest absolute Gasteiger partial charge is 0.453 e. The molecule has 104 valence electrons. The van der Waals surface area contributed by atoms with Gasteiger partial charge in [-0.3, -0.25) is 0 Å². The third-order valence-corrected chi connectivity index (χ3v) is 3.76. The zero-order chi connectivity index (χ0) is 13.7. The third kappa shape index (κ3) is 6.16. The summed E-state index contributed by atoms with van der Waals surface area (Å²) in [5, 5.41) is 2.64. The number of sulfone groups is 1. The molecule has 0 saturated heterocycles. The van der Waals surface area contributed by atoms with E-state index in [0.29, 0.717) is 6.54 Å². The summed E-state index contributed by atoms with van der Waals surface area (Å²) in [5.41, 5.74) is 0. The minimum Gasteiger partial charge on any atom is -0.320 e. The molecule has 0 aliphatic rings. The van der Waals surface area contributed by atoms with Crippen molar-refractivity contribution >= 4 is 9.84 Å². The van der Waals surface area contributed by atoms with Crippen LogP contribution < -0.4 is 5.32 Å². The monoisotopic (exact) mass is 283 g/mol. The van der Waals surface area contributed by atoms with Crippen LogP contribution in [-0.2, 0) is 9.84 Å². The highest BCUT2D eigenvalue weighted by molar-refractivity contribution is 7.91. The second-order valence-electron chi connectivity index (χ2n) is 3.56. The Morgan fingerprint density at radius 2 is 1.59 bits per heavy atom. The van der Waals surface area contributed by atoms with Gasteiger partial charge in [0.2, 0.25) is 0 Å². The number of rotatable bonds is 7. The number of nitrogens with one attached hydrogen (secondary N) is 1. The minimum atomic E-state index is -5.70. The number of halogens is 5. The Bertz CT molecular complexity index is 325. The fraction of sp³-hybridized carbons (Fsp3) is 1.00. The van der Waals surface area contributed by atoms with Gasteiger partial charge in [-0.15, -0.1) is 0 Å². The minimum absolute atomic E-state index is 0.177. The molecule has 0 saturated carbocycles. The van der Waals surface area contributed by atoms with Crippen molar-refractivity contribution in [1.82, 2.24) is 5.32 Å². The average Bonchev–Trinajstić information content (AvgIpc) is 2.14. The quantitative estimate of drug-likeness (QED) is 0.570. The van der Waals surface area contributed by atoms with E-state index in [1.54, 1.807) is 7.05 Å². The van der Waals surface area contributed by atoms with Gasteiger partial charge in [-0.25, -0.2) is 8.42 Å². The predicted molar refractivity (Wildman–Crippen MR) is 52.8 cm³/mol. The van der Waals surface area contributed by atoms with Crippen LogP contribution in [-0.4, -0.2) is 45.6 Å². The zero-order valence-corrected chi connectivity index (χ0v) is 9.97. The van der Waals surface area contributed by atoms with Gasteiger partial charge in [0.15, 0.2) is 9.84 Å². The van der Waals surface area contributed by atoms with Crippen molar-refractivity contribution in [3.63, 3.8) is 0 Å². The van der Waals surface area contributed by atoms with Crippen LogP contribution in [0, 0.1) is 0 Å². The number of hydrogen-bond donors (Lipinski definition) is 1. The summed E-state index contributed by atoms with van der Waals surface area (Å²) in [6.07, 6.45) is -7.25. The maximum absolute atomic E-state index is 12.4. The smallest absolute Gasteiger partial charge is 0.320 e. The highest BCUT2D eigenvalue weighted by atomic mass is 32.2. The van der Waals surface area contributed by atoms with Gasteiger partial charge in [0.05, 0.1) is 11.5 Å². The van der Waals surface area contributed by atoms with Gasteiger partial charge in [0.25, 0.3) is 0 Å². The maximum Gasteiger partial charge on any atom is 0.453 e. The van der Waals surface area contributed by atoms with E-state index in [1.165, 1.54) is 0 Å². The summed E-state index contributed by atoms with van der Waals surface area (Å²) >= 11 is 0. The van der Waals surface area contributed by atoms with Crippen molar-refractivity contribution in [3.8, 4) is 0 Å². The van der Waals surface area contributed by atoms with Crippen LogP contribution >= 0.6 is 0 Å². The Balaban J connectivity index is 4.28. The Hall–Kier alpha value is -0.440. The molecule has 0 spiro atoms. The fourth-order valence-corrected chi connectivity index (χ4v) is 2.35. The summed E-state index contributed by atoms with van der Waals surface area (Å²) in [6, 6.07) is 0. The van der Waals surface area contributed by atoms with Crippen LogP contribution in [0.5, 0.6) is 0 Å². The third-order valence-electron chi connectivity index (χ3n) is 2.02. The molecule has 1 N–H and O–H groups in total. The Morgan fingerprint density at radius 1 is 1.06 bits per heavy atom. The first kappa shape index (κ1) is 16.6. The molecule has 3 nitrogen and oxygen atoms in total. The van der Waals surface area contributed by atoms with Crippen molar-refractivity contribution in [2.75, 3.05) is 25.1 Å². The van der Waals surface area contributed by atoms with Gasteiger partial charge < -0.3 is 5.32 Å². The molecule has 0 rings (SSSR count). The van der Waals surface area contributed by atoms with Crippen LogP contribution in [0.15, 0.2) is 0 Å². The van der Waals surface area contributed by atoms with E-state index >= 15 is 0 Å². The molecule has 0 amide bonds. The van der Waals surface area contributed by atoms with Crippen molar-refractivity contribution in [1.29, 1.82) is 0 Å². The first-order chi connectivity index (χ1) is 7.52. The number of alkyl halides is 5. The van der Waals surface area contributed by atoms with Crippen LogP contribution in [0.3, 0.4) is 0 Å². The highest BCUT2D eigenvalue weighted by Crippen LogP contribution is 2.38. The Labute approximate surface area is 96.3 Å². The summed E-state index contributed by atoms with van der Waals surface area (Å²) < 4.78 is 82.5. The van der Waals surface area contributed by atoms with Gasteiger partial charge in [-0.2, -0.15) is 22.0 Å². The van der Waals surface area contributed by atoms with Gasteiger partial charge in [0.1, 0.15) is 0 Å². The van der Waals surface area contributed by atoms with Crippen molar-refractivity contribution < 1.29 is 30.4 Å². The molecule has 0 atom stereocenters. The van der Waals surface area contributed by atoms with E-state index in [0.717, 1.165) is 0 Å². The van der Waals surface area contributed by atoms with E-state index < -0.39 is 39.9 Å². The van der Waals surface area contributed by atoms with Crippen LogP contribution in [0.4, 0.5) is 22.0 Å². The normalized spacial score (nSPS) is 14.0. The topological polar surface area (TPSA) is 46.2 Å². The molecule has 0 aliphatic heterocycles. The van der Waals surface area contributed by atoms with Gasteiger partial charge in [-0.05, 0) is 20.0 Å². The van der Waals surface area contributed by atoms with E-state index in [1.807, 2.05) is 0 Å². The molecular weight excluding hydrogens is 269 g/mol. The molecule has 0 aliphatic carbocycles. The summed E-state index contributed by atoms with van der Waals surface area (Å²) in [6.45, 7) is 0.356. The molecule has 0 fully saturated rings. The lowest BCUT2D eigenvalue weighted by molar-refractivity contribution is -0.282.